The molecule has 0 bridgehead atoms. The van der Waals surface area contributed by atoms with E-state index in [1.54, 1.807) is 30.3 Å². The van der Waals surface area contributed by atoms with E-state index < -0.39 is 12.3 Å². The fourth-order valence-corrected chi connectivity index (χ4v) is 2.88. The van der Waals surface area contributed by atoms with Gasteiger partial charge in [0.25, 0.3) is 0 Å². The molecule has 0 aliphatic heterocycles. The van der Waals surface area contributed by atoms with Gasteiger partial charge in [0.1, 0.15) is 5.75 Å². The van der Waals surface area contributed by atoms with Crippen molar-refractivity contribution in [1.82, 2.24) is 0 Å². The summed E-state index contributed by atoms with van der Waals surface area (Å²) in [5.41, 5.74) is 0.821. The zero-order valence-corrected chi connectivity index (χ0v) is 14.6. The summed E-state index contributed by atoms with van der Waals surface area (Å²) in [6.07, 6.45) is 0.139. The average molecular weight is 364 g/mol. The summed E-state index contributed by atoms with van der Waals surface area (Å²) in [6.45, 7) is 8.54. The lowest BCUT2D eigenvalue weighted by molar-refractivity contribution is 0.135. The first kappa shape index (κ1) is 18.0. The van der Waals surface area contributed by atoms with Gasteiger partial charge in [0.05, 0.1) is 12.5 Å². The van der Waals surface area contributed by atoms with Crippen molar-refractivity contribution in [1.29, 1.82) is 0 Å². The molecule has 0 N–H and O–H groups in total. The van der Waals surface area contributed by atoms with Gasteiger partial charge >= 0.3 is 12.3 Å². The molecule has 0 aliphatic carbocycles. The van der Waals surface area contributed by atoms with Gasteiger partial charge in [0, 0.05) is 21.5 Å². The molecule has 27 heavy (non-hydrogen) atoms. The van der Waals surface area contributed by atoms with E-state index in [1.165, 1.54) is 0 Å². The molecule has 0 saturated heterocycles. The SMILES string of the molecule is C=COC(=O)Oc1c2ccccc2c(OC(=O)OC=C)c2c(C)cccc12. The van der Waals surface area contributed by atoms with Crippen LogP contribution >= 0.6 is 0 Å². The van der Waals surface area contributed by atoms with E-state index in [0.717, 1.165) is 18.1 Å². The number of hydrogen-bond acceptors (Lipinski definition) is 6. The van der Waals surface area contributed by atoms with Gasteiger partial charge in [0.15, 0.2) is 5.75 Å². The van der Waals surface area contributed by atoms with Crippen LogP contribution in [0.1, 0.15) is 5.56 Å². The maximum Gasteiger partial charge on any atom is 0.518 e. The first-order valence-electron chi connectivity index (χ1n) is 7.99. The van der Waals surface area contributed by atoms with Crippen LogP contribution in [0.4, 0.5) is 9.59 Å². The number of benzene rings is 3. The smallest absolute Gasteiger partial charge is 0.403 e. The molecule has 136 valence electrons. The molecule has 0 aromatic heterocycles. The van der Waals surface area contributed by atoms with Crippen LogP contribution in [-0.2, 0) is 9.47 Å². The summed E-state index contributed by atoms with van der Waals surface area (Å²) in [5.74, 6) is 0.593. The lowest BCUT2D eigenvalue weighted by Crippen LogP contribution is -2.10. The quantitative estimate of drug-likeness (QED) is 0.259. The van der Waals surface area contributed by atoms with Gasteiger partial charge < -0.3 is 18.9 Å². The Balaban J connectivity index is 2.34. The van der Waals surface area contributed by atoms with Gasteiger partial charge in [-0.15, -0.1) is 0 Å². The molecule has 0 heterocycles. The number of hydrogen-bond donors (Lipinski definition) is 0. The average Bonchev–Trinajstić information content (AvgIpc) is 2.65. The molecule has 6 nitrogen and oxygen atoms in total. The zero-order valence-electron chi connectivity index (χ0n) is 14.6. The number of ether oxygens (including phenoxy) is 4. The maximum absolute atomic E-state index is 11.9. The Hall–Kier alpha value is -3.80. The van der Waals surface area contributed by atoms with Crippen molar-refractivity contribution in [3.8, 4) is 11.5 Å². The Morgan fingerprint density at radius 1 is 0.778 bits per heavy atom. The molecule has 0 spiro atoms. The van der Waals surface area contributed by atoms with E-state index in [2.05, 4.69) is 17.9 Å². The number of rotatable bonds is 4. The summed E-state index contributed by atoms with van der Waals surface area (Å²) in [4.78, 5) is 23.8. The molecule has 0 radical (unpaired) electrons. The molecule has 3 rings (SSSR count). The lowest BCUT2D eigenvalue weighted by Gasteiger charge is -2.16. The first-order chi connectivity index (χ1) is 13.1. The Bertz CT molecular complexity index is 1070. The molecular weight excluding hydrogens is 348 g/mol. The highest BCUT2D eigenvalue weighted by Gasteiger charge is 2.21. The molecule has 0 aliphatic rings. The van der Waals surface area contributed by atoms with Gasteiger partial charge in [-0.1, -0.05) is 55.6 Å². The van der Waals surface area contributed by atoms with Crippen LogP contribution < -0.4 is 9.47 Å². The molecule has 0 atom stereocenters. The summed E-state index contributed by atoms with van der Waals surface area (Å²) < 4.78 is 20.3. The van der Waals surface area contributed by atoms with Gasteiger partial charge in [0.2, 0.25) is 0 Å². The fraction of sp³-hybridized carbons (Fsp3) is 0.0476. The second-order valence-electron chi connectivity index (χ2n) is 5.47. The predicted molar refractivity (Wildman–Crippen MR) is 101 cm³/mol. The second kappa shape index (κ2) is 7.61. The molecular formula is C21H16O6. The van der Waals surface area contributed by atoms with Crippen LogP contribution in [-0.4, -0.2) is 12.3 Å². The van der Waals surface area contributed by atoms with E-state index in [-0.39, 0.29) is 0 Å². The summed E-state index contributed by atoms with van der Waals surface area (Å²) in [5, 5.41) is 2.33. The zero-order chi connectivity index (χ0) is 19.4. The normalized spacial score (nSPS) is 10.3. The highest BCUT2D eigenvalue weighted by atomic mass is 16.7. The lowest BCUT2D eigenvalue weighted by atomic mass is 9.97. The van der Waals surface area contributed by atoms with E-state index in [9.17, 15) is 9.59 Å². The van der Waals surface area contributed by atoms with Gasteiger partial charge in [-0.3, -0.25) is 0 Å². The van der Waals surface area contributed by atoms with Crippen molar-refractivity contribution in [2.45, 2.75) is 6.92 Å². The van der Waals surface area contributed by atoms with Crippen LogP contribution in [0.15, 0.2) is 68.1 Å². The number of carbonyl (C=O) groups is 2. The van der Waals surface area contributed by atoms with Crippen molar-refractivity contribution in [3.05, 3.63) is 73.7 Å². The van der Waals surface area contributed by atoms with E-state index in [4.69, 9.17) is 14.2 Å². The number of carbonyl (C=O) groups excluding carboxylic acids is 2. The van der Waals surface area contributed by atoms with Gasteiger partial charge in [-0.25, -0.2) is 9.59 Å². The maximum atomic E-state index is 11.9. The summed E-state index contributed by atoms with van der Waals surface area (Å²) >= 11 is 0. The monoisotopic (exact) mass is 364 g/mol. The number of fused-ring (bicyclic) bond motifs is 2. The highest BCUT2D eigenvalue weighted by Crippen LogP contribution is 2.44. The van der Waals surface area contributed by atoms with Crippen molar-refractivity contribution >= 4 is 33.9 Å². The van der Waals surface area contributed by atoms with Crippen LogP contribution in [0, 0.1) is 6.92 Å². The van der Waals surface area contributed by atoms with Crippen LogP contribution in [0.2, 0.25) is 0 Å². The van der Waals surface area contributed by atoms with Crippen LogP contribution in [0.3, 0.4) is 0 Å². The van der Waals surface area contributed by atoms with Crippen LogP contribution in [0.25, 0.3) is 21.5 Å². The van der Waals surface area contributed by atoms with Crippen molar-refractivity contribution in [2.24, 2.45) is 0 Å². The molecule has 0 saturated carbocycles. The second-order valence-corrected chi connectivity index (χ2v) is 5.47. The molecule has 6 heteroatoms. The molecule has 0 amide bonds. The largest absolute Gasteiger partial charge is 0.518 e. The Labute approximate surface area is 155 Å². The first-order valence-corrected chi connectivity index (χ1v) is 7.99. The third-order valence-electron chi connectivity index (χ3n) is 3.89. The van der Waals surface area contributed by atoms with E-state index in [1.807, 2.05) is 19.1 Å². The van der Waals surface area contributed by atoms with Gasteiger partial charge in [-0.05, 0) is 12.5 Å². The molecule has 0 unspecified atom stereocenters. The Morgan fingerprint density at radius 2 is 1.30 bits per heavy atom. The minimum absolute atomic E-state index is 0.292. The summed E-state index contributed by atoms with van der Waals surface area (Å²) in [6, 6.07) is 12.5. The van der Waals surface area contributed by atoms with E-state index >= 15 is 0 Å². The van der Waals surface area contributed by atoms with E-state index in [0.29, 0.717) is 33.0 Å². The predicted octanol–water partition coefficient (Wildman–Crippen LogP) is 5.62. The minimum Gasteiger partial charge on any atom is -0.403 e. The summed E-state index contributed by atoms with van der Waals surface area (Å²) in [7, 11) is 0. The van der Waals surface area contributed by atoms with Crippen molar-refractivity contribution < 1.29 is 28.5 Å². The topological polar surface area (TPSA) is 71.1 Å². The standard InChI is InChI=1S/C21H16O6/c1-4-24-20(22)26-18-14-10-6-7-11-15(14)19(27-21(23)25-5-2)17-13(3)9-8-12-16(17)18/h4-12H,1-2H2,3H3. The highest BCUT2D eigenvalue weighted by molar-refractivity contribution is 6.13. The van der Waals surface area contributed by atoms with Gasteiger partial charge in [-0.2, -0.15) is 0 Å². The van der Waals surface area contributed by atoms with Crippen molar-refractivity contribution in [3.63, 3.8) is 0 Å². The molecule has 3 aromatic carbocycles. The third kappa shape index (κ3) is 3.46. The fourth-order valence-electron chi connectivity index (χ4n) is 2.88. The minimum atomic E-state index is -0.919. The van der Waals surface area contributed by atoms with Crippen LogP contribution in [0.5, 0.6) is 11.5 Å². The Kier molecular flexibility index (Phi) is 5.08. The molecule has 3 aromatic rings. The third-order valence-corrected chi connectivity index (χ3v) is 3.89. The Morgan fingerprint density at radius 3 is 1.89 bits per heavy atom. The molecule has 0 fully saturated rings. The van der Waals surface area contributed by atoms with Crippen molar-refractivity contribution in [2.75, 3.05) is 0 Å². The number of aryl methyl sites for hydroxylation is 1.